The molecule has 0 aliphatic rings. The quantitative estimate of drug-likeness (QED) is 0.891. The van der Waals surface area contributed by atoms with Crippen molar-refractivity contribution < 1.29 is 8.78 Å². The summed E-state index contributed by atoms with van der Waals surface area (Å²) in [5, 5.41) is 2.85. The fraction of sp³-hybridized carbons (Fsp3) is 0.267. The molecule has 1 aromatic carbocycles. The van der Waals surface area contributed by atoms with Gasteiger partial charge in [0.05, 0.1) is 6.54 Å². The zero-order valence-electron chi connectivity index (χ0n) is 10.7. The molecule has 2 rings (SSSR count). The minimum atomic E-state index is -2.88. The highest BCUT2D eigenvalue weighted by Crippen LogP contribution is 2.27. The maximum Gasteiger partial charge on any atom is 0.285 e. The molecule has 0 bridgehead atoms. The standard InChI is InChI=1S/C15H16F2N2/c1-12(13-6-5-9-18-10-13)19-11-15(16,17)14-7-3-2-4-8-14/h2-10,12,19H,11H2,1H3/t12-/m0/s1. The van der Waals surface area contributed by atoms with Crippen molar-refractivity contribution in [3.8, 4) is 0 Å². The molecule has 1 N–H and O–H groups in total. The second-order valence-corrected chi connectivity index (χ2v) is 4.46. The minimum Gasteiger partial charge on any atom is -0.304 e. The highest BCUT2D eigenvalue weighted by Gasteiger charge is 2.31. The van der Waals surface area contributed by atoms with Crippen molar-refractivity contribution in [1.29, 1.82) is 0 Å². The molecule has 0 aliphatic heterocycles. The van der Waals surface area contributed by atoms with Gasteiger partial charge in [-0.3, -0.25) is 4.98 Å². The molecule has 1 aromatic heterocycles. The number of nitrogens with one attached hydrogen (secondary N) is 1. The number of rotatable bonds is 5. The van der Waals surface area contributed by atoms with Gasteiger partial charge in [0.2, 0.25) is 0 Å². The summed E-state index contributed by atoms with van der Waals surface area (Å²) < 4.78 is 27.9. The lowest BCUT2D eigenvalue weighted by Crippen LogP contribution is -2.32. The van der Waals surface area contributed by atoms with Gasteiger partial charge in [-0.1, -0.05) is 36.4 Å². The topological polar surface area (TPSA) is 24.9 Å². The number of pyridine rings is 1. The van der Waals surface area contributed by atoms with Crippen LogP contribution in [0.4, 0.5) is 8.78 Å². The van der Waals surface area contributed by atoms with Crippen LogP contribution in [0, 0.1) is 0 Å². The van der Waals surface area contributed by atoms with Crippen molar-refractivity contribution in [3.63, 3.8) is 0 Å². The smallest absolute Gasteiger partial charge is 0.285 e. The van der Waals surface area contributed by atoms with Gasteiger partial charge in [0.15, 0.2) is 0 Å². The number of aromatic nitrogens is 1. The molecule has 19 heavy (non-hydrogen) atoms. The molecule has 4 heteroatoms. The van der Waals surface area contributed by atoms with Gasteiger partial charge in [-0.05, 0) is 18.6 Å². The summed E-state index contributed by atoms with van der Waals surface area (Å²) in [6.07, 6.45) is 3.34. The number of halogens is 2. The van der Waals surface area contributed by atoms with E-state index < -0.39 is 12.5 Å². The average Bonchev–Trinajstić information content (AvgIpc) is 2.47. The van der Waals surface area contributed by atoms with Gasteiger partial charge in [-0.2, -0.15) is 8.78 Å². The van der Waals surface area contributed by atoms with Crippen molar-refractivity contribution in [3.05, 3.63) is 66.0 Å². The van der Waals surface area contributed by atoms with Crippen LogP contribution in [0.15, 0.2) is 54.9 Å². The first-order valence-electron chi connectivity index (χ1n) is 6.16. The monoisotopic (exact) mass is 262 g/mol. The van der Waals surface area contributed by atoms with Crippen LogP contribution in [0.5, 0.6) is 0 Å². The highest BCUT2D eigenvalue weighted by molar-refractivity contribution is 5.20. The zero-order chi connectivity index (χ0) is 13.7. The van der Waals surface area contributed by atoms with Gasteiger partial charge in [0, 0.05) is 24.0 Å². The number of hydrogen-bond donors (Lipinski definition) is 1. The molecule has 1 atom stereocenters. The lowest BCUT2D eigenvalue weighted by atomic mass is 10.1. The molecular weight excluding hydrogens is 246 g/mol. The first-order chi connectivity index (χ1) is 9.09. The fourth-order valence-corrected chi connectivity index (χ4v) is 1.82. The summed E-state index contributed by atoms with van der Waals surface area (Å²) in [6, 6.07) is 11.3. The van der Waals surface area contributed by atoms with E-state index in [1.54, 1.807) is 36.7 Å². The summed E-state index contributed by atoms with van der Waals surface area (Å²) >= 11 is 0. The molecule has 1 heterocycles. The van der Waals surface area contributed by atoms with Crippen molar-refractivity contribution >= 4 is 0 Å². The maximum atomic E-state index is 14.0. The van der Waals surface area contributed by atoms with Crippen LogP contribution in [-0.2, 0) is 5.92 Å². The summed E-state index contributed by atoms with van der Waals surface area (Å²) in [6.45, 7) is 1.45. The molecule has 0 unspecified atom stereocenters. The van der Waals surface area contributed by atoms with Crippen molar-refractivity contribution in [1.82, 2.24) is 10.3 Å². The van der Waals surface area contributed by atoms with E-state index in [1.807, 2.05) is 13.0 Å². The lowest BCUT2D eigenvalue weighted by molar-refractivity contribution is -0.00534. The van der Waals surface area contributed by atoms with Crippen LogP contribution in [0.2, 0.25) is 0 Å². The van der Waals surface area contributed by atoms with Gasteiger partial charge in [0.25, 0.3) is 5.92 Å². The third kappa shape index (κ3) is 3.58. The van der Waals surface area contributed by atoms with E-state index in [1.165, 1.54) is 12.1 Å². The Labute approximate surface area is 111 Å². The molecule has 0 spiro atoms. The predicted octanol–water partition coefficient (Wildman–Crippen LogP) is 3.52. The molecule has 100 valence electrons. The summed E-state index contributed by atoms with van der Waals surface area (Å²) in [5.74, 6) is -2.88. The van der Waals surface area contributed by atoms with Gasteiger partial charge < -0.3 is 5.32 Å². The van der Waals surface area contributed by atoms with Crippen molar-refractivity contribution in [2.45, 2.75) is 18.9 Å². The van der Waals surface area contributed by atoms with Crippen LogP contribution in [0.25, 0.3) is 0 Å². The second-order valence-electron chi connectivity index (χ2n) is 4.46. The summed E-state index contributed by atoms with van der Waals surface area (Å²) in [5.41, 5.74) is 0.923. The molecular formula is C15H16F2N2. The molecule has 0 radical (unpaired) electrons. The van der Waals surface area contributed by atoms with Crippen molar-refractivity contribution in [2.24, 2.45) is 0 Å². The van der Waals surface area contributed by atoms with Crippen LogP contribution in [0.3, 0.4) is 0 Å². The molecule has 0 fully saturated rings. The van der Waals surface area contributed by atoms with E-state index in [9.17, 15) is 8.78 Å². The zero-order valence-corrected chi connectivity index (χ0v) is 10.7. The average molecular weight is 262 g/mol. The maximum absolute atomic E-state index is 14.0. The van der Waals surface area contributed by atoms with E-state index >= 15 is 0 Å². The Kier molecular flexibility index (Phi) is 4.22. The van der Waals surface area contributed by atoms with Crippen LogP contribution < -0.4 is 5.32 Å². The van der Waals surface area contributed by atoms with E-state index in [-0.39, 0.29) is 11.6 Å². The first-order valence-corrected chi connectivity index (χ1v) is 6.16. The Balaban J connectivity index is 1.99. The Bertz CT molecular complexity index is 500. The van der Waals surface area contributed by atoms with Gasteiger partial charge in [-0.25, -0.2) is 0 Å². The van der Waals surface area contributed by atoms with Crippen LogP contribution in [0.1, 0.15) is 24.1 Å². The molecule has 0 aliphatic carbocycles. The lowest BCUT2D eigenvalue weighted by Gasteiger charge is -2.21. The third-order valence-electron chi connectivity index (χ3n) is 3.01. The molecule has 0 amide bonds. The molecule has 2 nitrogen and oxygen atoms in total. The highest BCUT2D eigenvalue weighted by atomic mass is 19.3. The first kappa shape index (κ1) is 13.6. The van der Waals surface area contributed by atoms with Gasteiger partial charge in [-0.15, -0.1) is 0 Å². The van der Waals surface area contributed by atoms with E-state index in [2.05, 4.69) is 10.3 Å². The van der Waals surface area contributed by atoms with E-state index in [0.717, 1.165) is 5.56 Å². The Hall–Kier alpha value is -1.81. The van der Waals surface area contributed by atoms with E-state index in [4.69, 9.17) is 0 Å². The molecule has 2 aromatic rings. The minimum absolute atomic E-state index is 0.0286. The largest absolute Gasteiger partial charge is 0.304 e. The van der Waals surface area contributed by atoms with Gasteiger partial charge >= 0.3 is 0 Å². The Morgan fingerprint density at radius 1 is 1.16 bits per heavy atom. The SMILES string of the molecule is C[C@H](NCC(F)(F)c1ccccc1)c1cccnc1. The Morgan fingerprint density at radius 3 is 2.53 bits per heavy atom. The van der Waals surface area contributed by atoms with Crippen molar-refractivity contribution in [2.75, 3.05) is 6.54 Å². The van der Waals surface area contributed by atoms with Crippen LogP contribution in [-0.4, -0.2) is 11.5 Å². The second kappa shape index (κ2) is 5.89. The Morgan fingerprint density at radius 2 is 1.89 bits per heavy atom. The molecule has 0 saturated heterocycles. The number of benzene rings is 1. The molecule has 0 saturated carbocycles. The van der Waals surface area contributed by atoms with Crippen LogP contribution >= 0.6 is 0 Å². The number of hydrogen-bond acceptors (Lipinski definition) is 2. The number of alkyl halides is 2. The summed E-state index contributed by atoms with van der Waals surface area (Å²) in [7, 11) is 0. The van der Waals surface area contributed by atoms with Gasteiger partial charge in [0.1, 0.15) is 0 Å². The number of nitrogens with zero attached hydrogens (tertiary/aromatic N) is 1. The predicted molar refractivity (Wildman–Crippen MR) is 71.0 cm³/mol. The third-order valence-corrected chi connectivity index (χ3v) is 3.01. The summed E-state index contributed by atoms with van der Waals surface area (Å²) in [4.78, 5) is 3.98. The normalized spacial score (nSPS) is 13.2. The van der Waals surface area contributed by atoms with E-state index in [0.29, 0.717) is 0 Å². The fourth-order valence-electron chi connectivity index (χ4n) is 1.82.